The van der Waals surface area contributed by atoms with Crippen molar-refractivity contribution in [3.8, 4) is 0 Å². The van der Waals surface area contributed by atoms with Crippen LogP contribution in [0.5, 0.6) is 0 Å². The van der Waals surface area contributed by atoms with E-state index in [1.54, 1.807) is 4.90 Å². The summed E-state index contributed by atoms with van der Waals surface area (Å²) in [6.07, 6.45) is 2.53. The molecule has 0 bridgehead atoms. The molecule has 0 saturated carbocycles. The van der Waals surface area contributed by atoms with Crippen LogP contribution < -0.4 is 5.32 Å². The van der Waals surface area contributed by atoms with Crippen LogP contribution in [0.25, 0.3) is 0 Å². The Bertz CT molecular complexity index is 1130. The fourth-order valence-corrected chi connectivity index (χ4v) is 4.26. The van der Waals surface area contributed by atoms with Gasteiger partial charge in [0, 0.05) is 24.5 Å². The zero-order valence-electron chi connectivity index (χ0n) is 20.9. The monoisotopic (exact) mass is 490 g/mol. The molecule has 0 fully saturated rings. The summed E-state index contributed by atoms with van der Waals surface area (Å²) in [5, 5.41) is 3.64. The number of nitrogens with one attached hydrogen (secondary N) is 1. The molecule has 0 aromatic heterocycles. The van der Waals surface area contributed by atoms with Crippen LogP contribution in [0.3, 0.4) is 0 Å². The van der Waals surface area contributed by atoms with Crippen molar-refractivity contribution in [2.24, 2.45) is 0 Å². The molecular formula is C30H35ClN2O2. The first-order valence-electron chi connectivity index (χ1n) is 12.3. The van der Waals surface area contributed by atoms with Crippen LogP contribution >= 0.6 is 11.6 Å². The highest BCUT2D eigenvalue weighted by atomic mass is 35.5. The molecule has 0 aliphatic heterocycles. The standard InChI is InChI=1S/C30H35ClN2O2/c1-4-5-17-32-30(35)28(19-24-11-7-6-8-12-24)33(21-26-13-9-10-14-27(26)31)29(34)20-25-16-15-22(2)23(3)18-25/h6-16,18,28H,4-5,17,19-21H2,1-3H3,(H,32,35)/t28-/m0/s1. The van der Waals surface area contributed by atoms with E-state index in [1.165, 1.54) is 5.56 Å². The number of nitrogens with zero attached hydrogens (tertiary/aromatic N) is 1. The number of rotatable bonds is 11. The zero-order valence-corrected chi connectivity index (χ0v) is 21.6. The first kappa shape index (κ1) is 26.5. The van der Waals surface area contributed by atoms with Gasteiger partial charge in [-0.2, -0.15) is 0 Å². The first-order chi connectivity index (χ1) is 16.9. The highest BCUT2D eigenvalue weighted by molar-refractivity contribution is 6.31. The van der Waals surface area contributed by atoms with Crippen molar-refractivity contribution in [2.75, 3.05) is 6.54 Å². The van der Waals surface area contributed by atoms with E-state index in [0.717, 1.165) is 35.1 Å². The Morgan fingerprint density at radius 2 is 1.63 bits per heavy atom. The van der Waals surface area contributed by atoms with Gasteiger partial charge in [-0.25, -0.2) is 0 Å². The molecule has 1 N–H and O–H groups in total. The Morgan fingerprint density at radius 1 is 0.914 bits per heavy atom. The van der Waals surface area contributed by atoms with E-state index in [0.29, 0.717) is 18.0 Å². The normalized spacial score (nSPS) is 11.7. The third-order valence-corrected chi connectivity index (χ3v) is 6.69. The van der Waals surface area contributed by atoms with Crippen LogP contribution in [0.4, 0.5) is 0 Å². The third kappa shape index (κ3) is 7.69. The minimum absolute atomic E-state index is 0.0975. The van der Waals surface area contributed by atoms with Gasteiger partial charge in [0.1, 0.15) is 6.04 Å². The van der Waals surface area contributed by atoms with Gasteiger partial charge in [-0.3, -0.25) is 9.59 Å². The first-order valence-corrected chi connectivity index (χ1v) is 12.7. The van der Waals surface area contributed by atoms with Crippen molar-refractivity contribution in [2.45, 2.75) is 59.0 Å². The maximum atomic E-state index is 13.8. The SMILES string of the molecule is CCCCNC(=O)[C@H](Cc1ccccc1)N(Cc1ccccc1Cl)C(=O)Cc1ccc(C)c(C)c1. The second-order valence-electron chi connectivity index (χ2n) is 9.06. The number of unbranched alkanes of at least 4 members (excludes halogenated alkanes) is 1. The highest BCUT2D eigenvalue weighted by Gasteiger charge is 2.30. The Morgan fingerprint density at radius 3 is 2.31 bits per heavy atom. The molecule has 0 radical (unpaired) electrons. The summed E-state index contributed by atoms with van der Waals surface area (Å²) in [6, 6.07) is 22.8. The van der Waals surface area contributed by atoms with Crippen molar-refractivity contribution in [3.05, 3.63) is 106 Å². The lowest BCUT2D eigenvalue weighted by molar-refractivity contribution is -0.140. The van der Waals surface area contributed by atoms with Crippen molar-refractivity contribution >= 4 is 23.4 Å². The van der Waals surface area contributed by atoms with Gasteiger partial charge in [-0.15, -0.1) is 0 Å². The van der Waals surface area contributed by atoms with E-state index in [1.807, 2.05) is 73.7 Å². The van der Waals surface area contributed by atoms with Gasteiger partial charge in [0.2, 0.25) is 11.8 Å². The van der Waals surface area contributed by atoms with Gasteiger partial charge in [-0.1, -0.05) is 91.7 Å². The van der Waals surface area contributed by atoms with Gasteiger partial charge in [-0.05, 0) is 54.2 Å². The smallest absolute Gasteiger partial charge is 0.243 e. The molecule has 0 aliphatic rings. The topological polar surface area (TPSA) is 49.4 Å². The maximum absolute atomic E-state index is 13.8. The molecule has 0 spiro atoms. The number of benzene rings is 3. The van der Waals surface area contributed by atoms with Gasteiger partial charge in [0.15, 0.2) is 0 Å². The Hall–Kier alpha value is -3.11. The minimum Gasteiger partial charge on any atom is -0.354 e. The average Bonchev–Trinajstić information content (AvgIpc) is 2.85. The molecule has 4 nitrogen and oxygen atoms in total. The van der Waals surface area contributed by atoms with E-state index in [2.05, 4.69) is 25.2 Å². The zero-order chi connectivity index (χ0) is 25.2. The molecule has 0 unspecified atom stereocenters. The lowest BCUT2D eigenvalue weighted by Gasteiger charge is -2.32. The van der Waals surface area contributed by atoms with Gasteiger partial charge in [0.05, 0.1) is 6.42 Å². The van der Waals surface area contributed by atoms with E-state index < -0.39 is 6.04 Å². The summed E-state index contributed by atoms with van der Waals surface area (Å²) >= 11 is 6.48. The van der Waals surface area contributed by atoms with Crippen molar-refractivity contribution in [3.63, 3.8) is 0 Å². The van der Waals surface area contributed by atoms with E-state index in [4.69, 9.17) is 11.6 Å². The lowest BCUT2D eigenvalue weighted by atomic mass is 10.00. The quantitative estimate of drug-likeness (QED) is 0.332. The Balaban J connectivity index is 1.96. The number of amides is 2. The maximum Gasteiger partial charge on any atom is 0.243 e. The van der Waals surface area contributed by atoms with Crippen LogP contribution in [-0.4, -0.2) is 29.3 Å². The molecule has 184 valence electrons. The predicted octanol–water partition coefficient (Wildman–Crippen LogP) is 6.06. The number of carbonyl (C=O) groups excluding carboxylic acids is 2. The van der Waals surface area contributed by atoms with Crippen LogP contribution in [0.1, 0.15) is 47.6 Å². The van der Waals surface area contributed by atoms with Crippen LogP contribution in [0.15, 0.2) is 72.8 Å². The summed E-state index contributed by atoms with van der Waals surface area (Å²) in [5.74, 6) is -0.234. The summed E-state index contributed by atoms with van der Waals surface area (Å²) in [4.78, 5) is 28.9. The summed E-state index contributed by atoms with van der Waals surface area (Å²) < 4.78 is 0. The van der Waals surface area contributed by atoms with Gasteiger partial charge in [0.25, 0.3) is 0 Å². The highest BCUT2D eigenvalue weighted by Crippen LogP contribution is 2.22. The molecule has 3 aromatic carbocycles. The van der Waals surface area contributed by atoms with Crippen molar-refractivity contribution in [1.82, 2.24) is 10.2 Å². The largest absolute Gasteiger partial charge is 0.354 e. The number of halogens is 1. The Kier molecular flexibility index (Phi) is 9.92. The number of hydrogen-bond acceptors (Lipinski definition) is 2. The number of carbonyl (C=O) groups is 2. The summed E-state index contributed by atoms with van der Waals surface area (Å²) in [7, 11) is 0. The van der Waals surface area contributed by atoms with Gasteiger partial charge >= 0.3 is 0 Å². The molecule has 5 heteroatoms. The fraction of sp³-hybridized carbons (Fsp3) is 0.333. The molecule has 0 saturated heterocycles. The molecule has 0 heterocycles. The fourth-order valence-electron chi connectivity index (χ4n) is 4.06. The van der Waals surface area contributed by atoms with Crippen molar-refractivity contribution < 1.29 is 9.59 Å². The van der Waals surface area contributed by atoms with Gasteiger partial charge < -0.3 is 10.2 Å². The molecule has 1 atom stereocenters. The van der Waals surface area contributed by atoms with Crippen molar-refractivity contribution in [1.29, 1.82) is 0 Å². The molecule has 35 heavy (non-hydrogen) atoms. The predicted molar refractivity (Wildman–Crippen MR) is 143 cm³/mol. The van der Waals surface area contributed by atoms with E-state index >= 15 is 0 Å². The summed E-state index contributed by atoms with van der Waals surface area (Å²) in [5.41, 5.74) is 5.10. The second kappa shape index (κ2) is 13.1. The number of aryl methyl sites for hydroxylation is 2. The lowest BCUT2D eigenvalue weighted by Crippen LogP contribution is -2.51. The molecule has 3 rings (SSSR count). The second-order valence-corrected chi connectivity index (χ2v) is 9.47. The van der Waals surface area contributed by atoms with E-state index in [9.17, 15) is 9.59 Å². The molecule has 3 aromatic rings. The van der Waals surface area contributed by atoms with Crippen LogP contribution in [-0.2, 0) is 29.0 Å². The van der Waals surface area contributed by atoms with Crippen LogP contribution in [0, 0.1) is 13.8 Å². The Labute approximate surface area is 214 Å². The average molecular weight is 491 g/mol. The minimum atomic E-state index is -0.649. The third-order valence-electron chi connectivity index (χ3n) is 6.33. The van der Waals surface area contributed by atoms with E-state index in [-0.39, 0.29) is 24.8 Å². The summed E-state index contributed by atoms with van der Waals surface area (Å²) in [6.45, 7) is 7.05. The molecule has 2 amide bonds. The van der Waals surface area contributed by atoms with Crippen LogP contribution in [0.2, 0.25) is 5.02 Å². The molecular weight excluding hydrogens is 456 g/mol. The molecule has 0 aliphatic carbocycles. The number of hydrogen-bond donors (Lipinski definition) is 1.